The molecule has 0 bridgehead atoms. The molecule has 3 nitrogen and oxygen atoms in total. The molecule has 0 fully saturated rings. The number of hydrogen-bond donors (Lipinski definition) is 0. The molecule has 3 rings (SSSR count). The highest BCUT2D eigenvalue weighted by molar-refractivity contribution is 7.09. The molecule has 1 amide bonds. The summed E-state index contributed by atoms with van der Waals surface area (Å²) in [7, 11) is 0. The molecule has 0 saturated carbocycles. The molecular formula is C15H12ClNO2S. The van der Waals surface area contributed by atoms with E-state index in [2.05, 4.69) is 0 Å². The monoisotopic (exact) mass is 305 g/mol. The van der Waals surface area contributed by atoms with Crippen LogP contribution in [0, 0.1) is 0 Å². The second kappa shape index (κ2) is 5.38. The number of amides is 1. The molecule has 2 aromatic rings. The third-order valence-electron chi connectivity index (χ3n) is 3.45. The molecule has 0 spiro atoms. The quantitative estimate of drug-likeness (QED) is 0.809. The van der Waals surface area contributed by atoms with Crippen LogP contribution in [0.15, 0.2) is 41.8 Å². The third-order valence-corrected chi connectivity index (χ3v) is 4.46. The summed E-state index contributed by atoms with van der Waals surface area (Å²) >= 11 is 7.14. The van der Waals surface area contributed by atoms with Crippen LogP contribution in [0.25, 0.3) is 0 Å². The highest BCUT2D eigenvalue weighted by Gasteiger charge is 2.37. The maximum Gasteiger partial charge on any atom is 0.255 e. The lowest BCUT2D eigenvalue weighted by atomic mass is 10.0. The maximum atomic E-state index is 12.5. The number of fused-ring (bicyclic) bond motifs is 1. The lowest BCUT2D eigenvalue weighted by molar-refractivity contribution is -0.112. The van der Waals surface area contributed by atoms with Crippen LogP contribution >= 0.6 is 22.9 Å². The van der Waals surface area contributed by atoms with Crippen LogP contribution in [-0.4, -0.2) is 16.0 Å². The number of hydrogen-bond acceptors (Lipinski definition) is 3. The van der Waals surface area contributed by atoms with E-state index in [4.69, 9.17) is 11.6 Å². The van der Waals surface area contributed by atoms with E-state index in [1.807, 2.05) is 35.7 Å². The van der Waals surface area contributed by atoms with E-state index in [0.717, 1.165) is 10.4 Å². The average Bonchev–Trinajstić information content (AvgIpc) is 3.02. The Bertz CT molecular complexity index is 654. The first kappa shape index (κ1) is 13.3. The second-order valence-electron chi connectivity index (χ2n) is 4.67. The molecule has 1 aliphatic rings. The highest BCUT2D eigenvalue weighted by atomic mass is 35.5. The Kier molecular flexibility index (Phi) is 3.59. The molecule has 0 N–H and O–H groups in total. The van der Waals surface area contributed by atoms with Crippen molar-refractivity contribution in [2.45, 2.75) is 19.0 Å². The molecule has 1 aromatic carbocycles. The predicted octanol–water partition coefficient (Wildman–Crippen LogP) is 3.60. The third kappa shape index (κ3) is 2.37. The molecule has 2 heterocycles. The van der Waals surface area contributed by atoms with Gasteiger partial charge in [0.1, 0.15) is 0 Å². The van der Waals surface area contributed by atoms with Gasteiger partial charge in [-0.3, -0.25) is 9.59 Å². The minimum Gasteiger partial charge on any atom is -0.326 e. The van der Waals surface area contributed by atoms with Crippen LogP contribution in [0.1, 0.15) is 33.3 Å². The van der Waals surface area contributed by atoms with Crippen molar-refractivity contribution >= 4 is 34.1 Å². The van der Waals surface area contributed by atoms with E-state index < -0.39 is 5.24 Å². The van der Waals surface area contributed by atoms with Gasteiger partial charge in [0.05, 0.1) is 12.6 Å². The van der Waals surface area contributed by atoms with E-state index in [9.17, 15) is 9.59 Å². The van der Waals surface area contributed by atoms with Gasteiger partial charge in [0.2, 0.25) is 5.24 Å². The minimum atomic E-state index is -0.421. The SMILES string of the molecule is O=C(Cl)CC1c2ccccc2C(=O)N1Cc1cccs1. The second-order valence-corrected chi connectivity index (χ2v) is 6.13. The number of carbonyl (C=O) groups is 2. The fourth-order valence-electron chi connectivity index (χ4n) is 2.57. The number of carbonyl (C=O) groups excluding carboxylic acids is 2. The molecule has 0 saturated heterocycles. The van der Waals surface area contributed by atoms with Gasteiger partial charge in [0.25, 0.3) is 5.91 Å². The van der Waals surface area contributed by atoms with Gasteiger partial charge in [0.15, 0.2) is 0 Å². The summed E-state index contributed by atoms with van der Waals surface area (Å²) in [5, 5.41) is 1.56. The van der Waals surface area contributed by atoms with Crippen molar-refractivity contribution < 1.29 is 9.59 Å². The molecule has 1 aromatic heterocycles. The van der Waals surface area contributed by atoms with Crippen molar-refractivity contribution in [2.75, 3.05) is 0 Å². The Morgan fingerprint density at radius 2 is 2.05 bits per heavy atom. The zero-order chi connectivity index (χ0) is 14.1. The van der Waals surface area contributed by atoms with Crippen LogP contribution in [0.5, 0.6) is 0 Å². The Hall–Kier alpha value is -1.65. The molecule has 5 heteroatoms. The number of rotatable bonds is 4. The fourth-order valence-corrected chi connectivity index (χ4v) is 3.42. The predicted molar refractivity (Wildman–Crippen MR) is 78.9 cm³/mol. The molecular weight excluding hydrogens is 294 g/mol. The summed E-state index contributed by atoms with van der Waals surface area (Å²) in [5.41, 5.74) is 1.56. The van der Waals surface area contributed by atoms with E-state index >= 15 is 0 Å². The van der Waals surface area contributed by atoms with Crippen molar-refractivity contribution in [3.05, 3.63) is 57.8 Å². The van der Waals surface area contributed by atoms with Crippen LogP contribution < -0.4 is 0 Å². The van der Waals surface area contributed by atoms with Gasteiger partial charge in [-0.15, -0.1) is 11.3 Å². The maximum absolute atomic E-state index is 12.5. The van der Waals surface area contributed by atoms with Crippen molar-refractivity contribution in [3.63, 3.8) is 0 Å². The standard InChI is InChI=1S/C15H12ClNO2S/c16-14(18)8-13-11-5-1-2-6-12(11)15(19)17(13)9-10-4-3-7-20-10/h1-7,13H,8-9H2. The molecule has 1 unspecified atom stereocenters. The van der Waals surface area contributed by atoms with E-state index in [0.29, 0.717) is 12.1 Å². The first-order chi connectivity index (χ1) is 9.66. The average molecular weight is 306 g/mol. The van der Waals surface area contributed by atoms with E-state index in [1.165, 1.54) is 0 Å². The zero-order valence-corrected chi connectivity index (χ0v) is 12.2. The number of halogens is 1. The molecule has 20 heavy (non-hydrogen) atoms. The Morgan fingerprint density at radius 3 is 2.75 bits per heavy atom. The number of thiophene rings is 1. The number of benzene rings is 1. The lowest BCUT2D eigenvalue weighted by Crippen LogP contribution is -2.28. The summed E-state index contributed by atoms with van der Waals surface area (Å²) < 4.78 is 0. The Labute approximate surface area is 125 Å². The minimum absolute atomic E-state index is 0.0306. The molecule has 102 valence electrons. The van der Waals surface area contributed by atoms with Gasteiger partial charge >= 0.3 is 0 Å². The summed E-state index contributed by atoms with van der Waals surface area (Å²) in [5.74, 6) is -0.0306. The lowest BCUT2D eigenvalue weighted by Gasteiger charge is -2.23. The van der Waals surface area contributed by atoms with Crippen LogP contribution in [-0.2, 0) is 11.3 Å². The Morgan fingerprint density at radius 1 is 1.25 bits per heavy atom. The van der Waals surface area contributed by atoms with Crippen molar-refractivity contribution in [1.29, 1.82) is 0 Å². The van der Waals surface area contributed by atoms with E-state index in [-0.39, 0.29) is 18.4 Å². The van der Waals surface area contributed by atoms with Crippen LogP contribution in [0.4, 0.5) is 0 Å². The largest absolute Gasteiger partial charge is 0.326 e. The van der Waals surface area contributed by atoms with Gasteiger partial charge in [-0.25, -0.2) is 0 Å². The van der Waals surface area contributed by atoms with Gasteiger partial charge in [-0.2, -0.15) is 0 Å². The first-order valence-corrected chi connectivity index (χ1v) is 7.53. The fraction of sp³-hybridized carbons (Fsp3) is 0.200. The summed E-state index contributed by atoms with van der Waals surface area (Å²) in [6.07, 6.45) is 0.148. The summed E-state index contributed by atoms with van der Waals surface area (Å²) in [4.78, 5) is 26.6. The van der Waals surface area contributed by atoms with Crippen molar-refractivity contribution in [2.24, 2.45) is 0 Å². The molecule has 1 atom stereocenters. The van der Waals surface area contributed by atoms with Crippen molar-refractivity contribution in [1.82, 2.24) is 4.90 Å². The summed E-state index contributed by atoms with van der Waals surface area (Å²) in [6, 6.07) is 11.1. The van der Waals surface area contributed by atoms with Crippen LogP contribution in [0.3, 0.4) is 0 Å². The molecule has 1 aliphatic heterocycles. The molecule has 0 radical (unpaired) electrons. The van der Waals surface area contributed by atoms with E-state index in [1.54, 1.807) is 22.3 Å². The Balaban J connectivity index is 1.96. The highest BCUT2D eigenvalue weighted by Crippen LogP contribution is 2.37. The summed E-state index contributed by atoms with van der Waals surface area (Å²) in [6.45, 7) is 0.514. The van der Waals surface area contributed by atoms with Gasteiger partial charge in [-0.05, 0) is 34.7 Å². The van der Waals surface area contributed by atoms with Gasteiger partial charge < -0.3 is 4.90 Å². The topological polar surface area (TPSA) is 37.4 Å². The number of nitrogens with zero attached hydrogens (tertiary/aromatic N) is 1. The van der Waals surface area contributed by atoms with Gasteiger partial charge in [0, 0.05) is 16.9 Å². The first-order valence-electron chi connectivity index (χ1n) is 6.27. The molecule has 0 aliphatic carbocycles. The smallest absolute Gasteiger partial charge is 0.255 e. The van der Waals surface area contributed by atoms with Gasteiger partial charge in [-0.1, -0.05) is 24.3 Å². The van der Waals surface area contributed by atoms with Crippen molar-refractivity contribution in [3.8, 4) is 0 Å². The van der Waals surface area contributed by atoms with Crippen LogP contribution in [0.2, 0.25) is 0 Å². The zero-order valence-electron chi connectivity index (χ0n) is 10.6. The normalized spacial score (nSPS) is 17.4.